The smallest absolute Gasteiger partial charge is 0.339 e. The summed E-state index contributed by atoms with van der Waals surface area (Å²) in [6.07, 6.45) is 23.4. The number of carbonyl (C=O) groups excluding carboxylic acids is 2. The van der Waals surface area contributed by atoms with Gasteiger partial charge in [-0.25, -0.2) is 9.59 Å². The molecule has 0 fully saturated rings. The van der Waals surface area contributed by atoms with Gasteiger partial charge in [0.05, 0.1) is 24.3 Å². The topological polar surface area (TPSA) is 52.6 Å². The minimum Gasteiger partial charge on any atom is -0.462 e. The van der Waals surface area contributed by atoms with E-state index in [-0.39, 0.29) is 0 Å². The third-order valence-electron chi connectivity index (χ3n) is 6.58. The second-order valence-electron chi connectivity index (χ2n) is 9.83. The second-order valence-corrected chi connectivity index (χ2v) is 9.83. The first-order valence-electron chi connectivity index (χ1n) is 14.6. The van der Waals surface area contributed by atoms with Crippen LogP contribution in [0.1, 0.15) is 157 Å². The van der Waals surface area contributed by atoms with Gasteiger partial charge in [0.25, 0.3) is 0 Å². The van der Waals surface area contributed by atoms with Gasteiger partial charge in [0.2, 0.25) is 0 Å². The predicted octanol–water partition coefficient (Wildman–Crippen LogP) is 9.45. The Kier molecular flexibility index (Phi) is 20.2. The molecular weight excluding hydrogens is 436 g/mol. The van der Waals surface area contributed by atoms with Crippen molar-refractivity contribution in [2.45, 2.75) is 136 Å². The van der Waals surface area contributed by atoms with Crippen LogP contribution in [0, 0.1) is 0 Å². The zero-order chi connectivity index (χ0) is 25.4. The van der Waals surface area contributed by atoms with E-state index < -0.39 is 11.9 Å². The minimum atomic E-state index is -0.435. The standard InChI is InChI=1S/C31H52O4/c1-3-5-7-9-11-13-14-15-17-19-23-27-35-31(33)29-25-21-20-24-28(29)30(32)34-26-22-18-16-12-10-8-6-4-2/h20-21,24-25H,3-19,22-23,26-27H2,1-2H3. The lowest BCUT2D eigenvalue weighted by Crippen LogP contribution is -2.15. The normalized spacial score (nSPS) is 10.9. The molecule has 0 atom stereocenters. The van der Waals surface area contributed by atoms with E-state index >= 15 is 0 Å². The highest BCUT2D eigenvalue weighted by Gasteiger charge is 2.18. The monoisotopic (exact) mass is 488 g/mol. The summed E-state index contributed by atoms with van der Waals surface area (Å²) in [6, 6.07) is 6.81. The number of unbranched alkanes of at least 4 members (excludes halogenated alkanes) is 17. The van der Waals surface area contributed by atoms with Crippen LogP contribution in [-0.2, 0) is 9.47 Å². The van der Waals surface area contributed by atoms with Gasteiger partial charge < -0.3 is 9.47 Å². The molecule has 0 spiro atoms. The van der Waals surface area contributed by atoms with E-state index in [9.17, 15) is 9.59 Å². The third kappa shape index (κ3) is 16.5. The van der Waals surface area contributed by atoms with Crippen LogP contribution in [0.4, 0.5) is 0 Å². The van der Waals surface area contributed by atoms with Crippen molar-refractivity contribution in [1.82, 2.24) is 0 Å². The number of esters is 2. The first-order chi connectivity index (χ1) is 17.2. The number of ether oxygens (including phenoxy) is 2. The molecule has 0 saturated heterocycles. The molecule has 1 aromatic rings. The van der Waals surface area contributed by atoms with Crippen LogP contribution in [0.25, 0.3) is 0 Å². The second kappa shape index (κ2) is 22.6. The molecule has 0 unspecified atom stereocenters. The zero-order valence-electron chi connectivity index (χ0n) is 22.8. The number of carbonyl (C=O) groups is 2. The van der Waals surface area contributed by atoms with Crippen LogP contribution in [0.3, 0.4) is 0 Å². The van der Waals surface area contributed by atoms with Gasteiger partial charge in [0, 0.05) is 0 Å². The Morgan fingerprint density at radius 3 is 1.09 bits per heavy atom. The van der Waals surface area contributed by atoms with Gasteiger partial charge in [-0.05, 0) is 25.0 Å². The van der Waals surface area contributed by atoms with Gasteiger partial charge >= 0.3 is 11.9 Å². The Morgan fingerprint density at radius 2 is 0.771 bits per heavy atom. The van der Waals surface area contributed by atoms with E-state index in [4.69, 9.17) is 9.47 Å². The third-order valence-corrected chi connectivity index (χ3v) is 6.58. The van der Waals surface area contributed by atoms with Crippen LogP contribution in [0.5, 0.6) is 0 Å². The van der Waals surface area contributed by atoms with Gasteiger partial charge in [-0.2, -0.15) is 0 Å². The summed E-state index contributed by atoms with van der Waals surface area (Å²) in [5.74, 6) is -0.869. The summed E-state index contributed by atoms with van der Waals surface area (Å²) >= 11 is 0. The summed E-state index contributed by atoms with van der Waals surface area (Å²) in [4.78, 5) is 25.1. The summed E-state index contributed by atoms with van der Waals surface area (Å²) in [5, 5.41) is 0. The number of rotatable bonds is 23. The molecule has 0 aliphatic heterocycles. The molecule has 35 heavy (non-hydrogen) atoms. The molecule has 0 bridgehead atoms. The van der Waals surface area contributed by atoms with Gasteiger partial charge in [0.1, 0.15) is 0 Å². The van der Waals surface area contributed by atoms with Gasteiger partial charge in [-0.1, -0.05) is 135 Å². The summed E-state index contributed by atoms with van der Waals surface area (Å²) in [7, 11) is 0. The predicted molar refractivity (Wildman–Crippen MR) is 146 cm³/mol. The number of benzene rings is 1. The molecule has 1 rings (SSSR count). The molecule has 0 aromatic heterocycles. The molecule has 0 radical (unpaired) electrons. The summed E-state index contributed by atoms with van der Waals surface area (Å²) < 4.78 is 10.9. The lowest BCUT2D eigenvalue weighted by Gasteiger charge is -2.10. The highest BCUT2D eigenvalue weighted by atomic mass is 16.5. The van der Waals surface area contributed by atoms with Crippen LogP contribution < -0.4 is 0 Å². The largest absolute Gasteiger partial charge is 0.462 e. The van der Waals surface area contributed by atoms with Gasteiger partial charge in [0.15, 0.2) is 0 Å². The van der Waals surface area contributed by atoms with E-state index in [1.807, 2.05) is 0 Å². The zero-order valence-corrected chi connectivity index (χ0v) is 22.8. The average Bonchev–Trinajstić information content (AvgIpc) is 2.88. The van der Waals surface area contributed by atoms with Crippen molar-refractivity contribution in [1.29, 1.82) is 0 Å². The number of hydrogen-bond donors (Lipinski definition) is 0. The van der Waals surface area contributed by atoms with Crippen LogP contribution in [0.15, 0.2) is 24.3 Å². The molecule has 4 nitrogen and oxygen atoms in total. The maximum atomic E-state index is 12.5. The van der Waals surface area contributed by atoms with Crippen LogP contribution >= 0.6 is 0 Å². The molecule has 0 saturated carbocycles. The fourth-order valence-corrected chi connectivity index (χ4v) is 4.33. The maximum absolute atomic E-state index is 12.5. The van der Waals surface area contributed by atoms with Crippen molar-refractivity contribution in [3.63, 3.8) is 0 Å². The first-order valence-corrected chi connectivity index (χ1v) is 14.6. The van der Waals surface area contributed by atoms with Crippen LogP contribution in [-0.4, -0.2) is 25.2 Å². The molecular formula is C31H52O4. The molecule has 0 aliphatic carbocycles. The van der Waals surface area contributed by atoms with E-state index in [2.05, 4.69) is 13.8 Å². The van der Waals surface area contributed by atoms with E-state index in [1.165, 1.54) is 96.3 Å². The fourth-order valence-electron chi connectivity index (χ4n) is 4.33. The maximum Gasteiger partial charge on any atom is 0.339 e. The average molecular weight is 489 g/mol. The molecule has 0 amide bonds. The Hall–Kier alpha value is -1.84. The van der Waals surface area contributed by atoms with Crippen molar-refractivity contribution in [2.24, 2.45) is 0 Å². The van der Waals surface area contributed by atoms with E-state index in [1.54, 1.807) is 24.3 Å². The molecule has 0 N–H and O–H groups in total. The van der Waals surface area contributed by atoms with Crippen molar-refractivity contribution in [2.75, 3.05) is 13.2 Å². The first kappa shape index (κ1) is 31.2. The molecule has 200 valence electrons. The highest BCUT2D eigenvalue weighted by Crippen LogP contribution is 2.15. The molecule has 0 aliphatic rings. The van der Waals surface area contributed by atoms with Crippen molar-refractivity contribution in [3.8, 4) is 0 Å². The van der Waals surface area contributed by atoms with Crippen molar-refractivity contribution < 1.29 is 19.1 Å². The molecule has 1 aromatic carbocycles. The number of hydrogen-bond acceptors (Lipinski definition) is 4. The fraction of sp³-hybridized carbons (Fsp3) is 0.742. The minimum absolute atomic E-state index is 0.302. The lowest BCUT2D eigenvalue weighted by molar-refractivity contribution is 0.0450. The summed E-state index contributed by atoms with van der Waals surface area (Å²) in [6.45, 7) is 5.28. The van der Waals surface area contributed by atoms with Gasteiger partial charge in [-0.15, -0.1) is 0 Å². The quantitative estimate of drug-likeness (QED) is 0.114. The highest BCUT2D eigenvalue weighted by molar-refractivity contribution is 6.03. The lowest BCUT2D eigenvalue weighted by atomic mass is 10.1. The van der Waals surface area contributed by atoms with E-state index in [0.29, 0.717) is 24.3 Å². The van der Waals surface area contributed by atoms with Crippen LogP contribution in [0.2, 0.25) is 0 Å². The summed E-state index contributed by atoms with van der Waals surface area (Å²) in [5.41, 5.74) is 0.604. The Bertz CT molecular complexity index is 655. The Morgan fingerprint density at radius 1 is 0.486 bits per heavy atom. The van der Waals surface area contributed by atoms with Gasteiger partial charge in [-0.3, -0.25) is 0 Å². The van der Waals surface area contributed by atoms with Crippen molar-refractivity contribution >= 4 is 11.9 Å². The molecule has 4 heteroatoms. The SMILES string of the molecule is CCCCCCCCCCCCCOC(=O)c1ccccc1C(=O)OCCCCCCCCCC. The van der Waals surface area contributed by atoms with E-state index in [0.717, 1.165) is 25.7 Å². The molecule has 0 heterocycles. The van der Waals surface area contributed by atoms with Crippen molar-refractivity contribution in [3.05, 3.63) is 35.4 Å². The Balaban J connectivity index is 2.16. The Labute approximate surface area is 215 Å².